The highest BCUT2D eigenvalue weighted by Gasteiger charge is 2.37. The Bertz CT molecular complexity index is 1140. The number of hydrogen-bond acceptors (Lipinski definition) is 5. The molecule has 1 saturated heterocycles. The van der Waals surface area contributed by atoms with Gasteiger partial charge in [0.2, 0.25) is 5.91 Å². The number of carbonyl (C=O) groups is 1. The van der Waals surface area contributed by atoms with E-state index in [0.717, 1.165) is 46.9 Å². The number of nitrogens with zero attached hydrogens (tertiary/aromatic N) is 3. The van der Waals surface area contributed by atoms with Gasteiger partial charge in [-0.25, -0.2) is 0 Å². The molecule has 3 aromatic rings. The van der Waals surface area contributed by atoms with Crippen molar-refractivity contribution in [1.82, 2.24) is 4.90 Å². The Morgan fingerprint density at radius 2 is 1.84 bits per heavy atom. The highest BCUT2D eigenvalue weighted by Crippen LogP contribution is 2.32. The van der Waals surface area contributed by atoms with Crippen molar-refractivity contribution in [2.75, 3.05) is 7.11 Å². The predicted octanol–water partition coefficient (Wildman–Crippen LogP) is 5.87. The number of benzene rings is 3. The number of amides is 1. The second-order valence-electron chi connectivity index (χ2n) is 7.72. The Balaban J connectivity index is 1.58. The fraction of sp³-hybridized carbons (Fsp3) is 0.269. The van der Waals surface area contributed by atoms with Crippen molar-refractivity contribution < 1.29 is 9.53 Å². The molecule has 0 radical (unpaired) electrons. The van der Waals surface area contributed by atoms with Gasteiger partial charge in [-0.2, -0.15) is 5.10 Å². The lowest BCUT2D eigenvalue weighted by atomic mass is 10.1. The van der Waals surface area contributed by atoms with Gasteiger partial charge in [-0.15, -0.1) is 5.10 Å². The van der Waals surface area contributed by atoms with Crippen LogP contribution >= 0.6 is 11.8 Å². The summed E-state index contributed by atoms with van der Waals surface area (Å²) in [6.07, 6.45) is 4.71. The Labute approximate surface area is 193 Å². The van der Waals surface area contributed by atoms with Gasteiger partial charge in [0, 0.05) is 5.56 Å². The second kappa shape index (κ2) is 10.5. The van der Waals surface area contributed by atoms with Crippen LogP contribution in [0.25, 0.3) is 10.8 Å². The van der Waals surface area contributed by atoms with Crippen molar-refractivity contribution in [3.05, 3.63) is 77.9 Å². The largest absolute Gasteiger partial charge is 0.497 e. The van der Waals surface area contributed by atoms with Crippen LogP contribution in [-0.2, 0) is 11.3 Å². The predicted molar refractivity (Wildman–Crippen MR) is 133 cm³/mol. The molecule has 0 saturated carbocycles. The first-order chi connectivity index (χ1) is 15.7. The highest BCUT2D eigenvalue weighted by atomic mass is 32.2. The van der Waals surface area contributed by atoms with Crippen LogP contribution in [0.5, 0.6) is 5.75 Å². The molecule has 1 atom stereocenters. The summed E-state index contributed by atoms with van der Waals surface area (Å²) in [6.45, 7) is 2.61. The molecule has 32 heavy (non-hydrogen) atoms. The number of carbonyl (C=O) groups excluding carboxylic acids is 1. The van der Waals surface area contributed by atoms with Gasteiger partial charge in [0.1, 0.15) is 5.75 Å². The van der Waals surface area contributed by atoms with E-state index in [1.165, 1.54) is 11.8 Å². The summed E-state index contributed by atoms with van der Waals surface area (Å²) in [5.41, 5.74) is 2.03. The molecule has 0 aromatic heterocycles. The van der Waals surface area contributed by atoms with Crippen LogP contribution in [0, 0.1) is 0 Å². The zero-order valence-corrected chi connectivity index (χ0v) is 19.2. The zero-order valence-electron chi connectivity index (χ0n) is 18.4. The number of amidine groups is 1. The first-order valence-electron chi connectivity index (χ1n) is 10.9. The van der Waals surface area contributed by atoms with Crippen molar-refractivity contribution in [1.29, 1.82) is 0 Å². The lowest BCUT2D eigenvalue weighted by Crippen LogP contribution is -2.31. The molecule has 1 unspecified atom stereocenters. The molecule has 1 aliphatic heterocycles. The van der Waals surface area contributed by atoms with E-state index in [-0.39, 0.29) is 11.2 Å². The third-order valence-corrected chi connectivity index (χ3v) is 6.74. The Morgan fingerprint density at radius 1 is 1.06 bits per heavy atom. The van der Waals surface area contributed by atoms with E-state index >= 15 is 0 Å². The third kappa shape index (κ3) is 5.02. The Kier molecular flexibility index (Phi) is 7.22. The summed E-state index contributed by atoms with van der Waals surface area (Å²) in [6, 6.07) is 22.1. The SMILES string of the molecule is CCCCC1SC(=NN=Cc2cccc3ccccc23)N(Cc2ccc(OC)cc2)C1=O. The van der Waals surface area contributed by atoms with E-state index in [2.05, 4.69) is 35.3 Å². The molecule has 0 spiro atoms. The molecule has 1 amide bonds. The van der Waals surface area contributed by atoms with Crippen LogP contribution in [0.1, 0.15) is 37.3 Å². The maximum Gasteiger partial charge on any atom is 0.242 e. The maximum absolute atomic E-state index is 13.1. The fourth-order valence-electron chi connectivity index (χ4n) is 3.72. The summed E-state index contributed by atoms with van der Waals surface area (Å²) >= 11 is 1.52. The monoisotopic (exact) mass is 445 g/mol. The van der Waals surface area contributed by atoms with Gasteiger partial charge < -0.3 is 4.74 Å². The number of thioether (sulfide) groups is 1. The molecule has 1 aliphatic rings. The summed E-state index contributed by atoms with van der Waals surface area (Å²) in [5.74, 6) is 0.906. The molecular formula is C26H27N3O2S. The van der Waals surface area contributed by atoms with E-state index in [1.807, 2.05) is 48.5 Å². The van der Waals surface area contributed by atoms with Gasteiger partial charge in [-0.3, -0.25) is 9.69 Å². The average Bonchev–Trinajstić information content (AvgIpc) is 3.12. The van der Waals surface area contributed by atoms with Crippen LogP contribution in [0.4, 0.5) is 0 Å². The van der Waals surface area contributed by atoms with E-state index in [4.69, 9.17) is 4.74 Å². The second-order valence-corrected chi connectivity index (χ2v) is 8.89. The van der Waals surface area contributed by atoms with Crippen molar-refractivity contribution in [2.45, 2.75) is 38.0 Å². The molecule has 164 valence electrons. The molecule has 1 heterocycles. The van der Waals surface area contributed by atoms with Crippen LogP contribution in [0.2, 0.25) is 0 Å². The standard InChI is InChI=1S/C26H27N3O2S/c1-3-4-12-24-25(30)29(18-19-13-15-22(31-2)16-14-19)26(32-24)28-27-17-21-10-7-9-20-8-5-6-11-23(20)21/h5-11,13-17,24H,3-4,12,18H2,1-2H3. The zero-order chi connectivity index (χ0) is 22.3. The van der Waals surface area contributed by atoms with Gasteiger partial charge in [0.15, 0.2) is 5.17 Å². The van der Waals surface area contributed by atoms with Crippen molar-refractivity contribution >= 4 is 39.8 Å². The fourth-order valence-corrected chi connectivity index (χ4v) is 4.86. The van der Waals surface area contributed by atoms with Crippen LogP contribution in [0.15, 0.2) is 76.9 Å². The van der Waals surface area contributed by atoms with Crippen LogP contribution in [0.3, 0.4) is 0 Å². The molecule has 0 N–H and O–H groups in total. The average molecular weight is 446 g/mol. The van der Waals surface area contributed by atoms with Crippen molar-refractivity contribution in [3.63, 3.8) is 0 Å². The van der Waals surface area contributed by atoms with Gasteiger partial charge in [-0.1, -0.05) is 86.1 Å². The maximum atomic E-state index is 13.1. The highest BCUT2D eigenvalue weighted by molar-refractivity contribution is 8.15. The third-order valence-electron chi connectivity index (χ3n) is 5.50. The first-order valence-corrected chi connectivity index (χ1v) is 11.8. The molecule has 6 heteroatoms. The topological polar surface area (TPSA) is 54.3 Å². The van der Waals surface area contributed by atoms with Gasteiger partial charge in [0.05, 0.1) is 25.1 Å². The van der Waals surface area contributed by atoms with E-state index < -0.39 is 0 Å². The summed E-state index contributed by atoms with van der Waals surface area (Å²) in [5, 5.41) is 11.7. The number of unbranched alkanes of at least 4 members (excludes halogenated alkanes) is 1. The molecule has 3 aromatic carbocycles. The van der Waals surface area contributed by atoms with E-state index in [9.17, 15) is 4.79 Å². The van der Waals surface area contributed by atoms with Gasteiger partial charge in [0.25, 0.3) is 0 Å². The molecule has 4 rings (SSSR count). The lowest BCUT2D eigenvalue weighted by molar-refractivity contribution is -0.126. The van der Waals surface area contributed by atoms with E-state index in [1.54, 1.807) is 18.2 Å². The number of fused-ring (bicyclic) bond motifs is 1. The molecule has 1 fully saturated rings. The smallest absolute Gasteiger partial charge is 0.242 e. The molecule has 5 nitrogen and oxygen atoms in total. The summed E-state index contributed by atoms with van der Waals surface area (Å²) in [4.78, 5) is 14.9. The number of hydrogen-bond donors (Lipinski definition) is 0. The molecule has 0 bridgehead atoms. The van der Waals surface area contributed by atoms with Crippen LogP contribution in [-0.4, -0.2) is 34.5 Å². The Hall–Kier alpha value is -3.12. The number of rotatable bonds is 8. The number of methoxy groups -OCH3 is 1. The minimum absolute atomic E-state index is 0.0975. The normalized spacial score (nSPS) is 17.7. The minimum atomic E-state index is -0.0975. The number of ether oxygens (including phenoxy) is 1. The van der Waals surface area contributed by atoms with Gasteiger partial charge in [-0.05, 0) is 34.9 Å². The molecular weight excluding hydrogens is 418 g/mol. The van der Waals surface area contributed by atoms with Gasteiger partial charge >= 0.3 is 0 Å². The lowest BCUT2D eigenvalue weighted by Gasteiger charge is -2.16. The molecule has 0 aliphatic carbocycles. The van der Waals surface area contributed by atoms with Crippen LogP contribution < -0.4 is 4.74 Å². The van der Waals surface area contributed by atoms with E-state index in [0.29, 0.717) is 11.7 Å². The first kappa shape index (κ1) is 22.1. The summed E-state index contributed by atoms with van der Waals surface area (Å²) < 4.78 is 5.24. The van der Waals surface area contributed by atoms with Crippen molar-refractivity contribution in [2.24, 2.45) is 10.2 Å². The quantitative estimate of drug-likeness (QED) is 0.322. The Morgan fingerprint density at radius 3 is 2.62 bits per heavy atom. The minimum Gasteiger partial charge on any atom is -0.497 e. The summed E-state index contributed by atoms with van der Waals surface area (Å²) in [7, 11) is 1.65. The van der Waals surface area contributed by atoms with Crippen molar-refractivity contribution in [3.8, 4) is 5.75 Å².